The van der Waals surface area contributed by atoms with Crippen LogP contribution in [0.2, 0.25) is 0 Å². The van der Waals surface area contributed by atoms with Crippen LogP contribution in [0.1, 0.15) is 16.1 Å². The number of hydrogen-bond acceptors (Lipinski definition) is 5. The number of carbonyl (C=O) groups excluding carboxylic acids is 2. The maximum absolute atomic E-state index is 12.0. The van der Waals surface area contributed by atoms with E-state index in [1.54, 1.807) is 12.3 Å². The zero-order chi connectivity index (χ0) is 14.3. The average Bonchev–Trinajstić information content (AvgIpc) is 2.98. The number of aromatic amines is 1. The summed E-state index contributed by atoms with van der Waals surface area (Å²) in [5.74, 6) is -0.618. The minimum Gasteiger partial charge on any atom is -0.375 e. The Morgan fingerprint density at radius 3 is 2.85 bits per heavy atom. The van der Waals surface area contributed by atoms with Crippen LogP contribution in [0, 0.1) is 0 Å². The Morgan fingerprint density at radius 1 is 1.40 bits per heavy atom. The second-order valence-corrected chi connectivity index (χ2v) is 4.41. The molecule has 0 spiro atoms. The summed E-state index contributed by atoms with van der Waals surface area (Å²) in [6.45, 7) is 0.249. The van der Waals surface area contributed by atoms with E-state index in [2.05, 4.69) is 20.6 Å². The summed E-state index contributed by atoms with van der Waals surface area (Å²) in [7, 11) is 1.51. The van der Waals surface area contributed by atoms with Crippen molar-refractivity contribution in [1.29, 1.82) is 0 Å². The van der Waals surface area contributed by atoms with Gasteiger partial charge in [0.2, 0.25) is 5.96 Å². The van der Waals surface area contributed by atoms with Gasteiger partial charge < -0.3 is 20.8 Å². The van der Waals surface area contributed by atoms with E-state index in [0.717, 1.165) is 0 Å². The molecule has 0 saturated carbocycles. The minimum absolute atomic E-state index is 0.0352. The van der Waals surface area contributed by atoms with Gasteiger partial charge >= 0.3 is 0 Å². The van der Waals surface area contributed by atoms with Gasteiger partial charge in [0, 0.05) is 31.0 Å². The Labute approximate surface area is 114 Å². The van der Waals surface area contributed by atoms with Gasteiger partial charge in [-0.3, -0.25) is 14.9 Å². The molecule has 1 unspecified atom stereocenters. The van der Waals surface area contributed by atoms with Gasteiger partial charge in [-0.15, -0.1) is 0 Å². The molecule has 20 heavy (non-hydrogen) atoms. The first-order chi connectivity index (χ1) is 9.61. The molecule has 0 aromatic carbocycles. The smallest absolute Gasteiger partial charge is 0.277 e. The number of aromatic nitrogens is 1. The van der Waals surface area contributed by atoms with E-state index in [4.69, 9.17) is 10.5 Å². The lowest BCUT2D eigenvalue weighted by Gasteiger charge is -2.16. The maximum atomic E-state index is 12.0. The molecule has 0 aliphatic carbocycles. The van der Waals surface area contributed by atoms with Crippen molar-refractivity contribution in [3.63, 3.8) is 0 Å². The van der Waals surface area contributed by atoms with Crippen molar-refractivity contribution in [1.82, 2.24) is 15.6 Å². The molecule has 104 valence electrons. The Balaban J connectivity index is 2.25. The van der Waals surface area contributed by atoms with Crippen molar-refractivity contribution in [2.75, 3.05) is 13.7 Å². The van der Waals surface area contributed by atoms with Gasteiger partial charge in [-0.2, -0.15) is 0 Å². The summed E-state index contributed by atoms with van der Waals surface area (Å²) in [4.78, 5) is 30.8. The summed E-state index contributed by atoms with van der Waals surface area (Å²) < 4.78 is 5.38. The van der Waals surface area contributed by atoms with Crippen molar-refractivity contribution >= 4 is 23.3 Å². The van der Waals surface area contributed by atoms with Crippen molar-refractivity contribution in [3.05, 3.63) is 29.2 Å². The molecule has 1 atom stereocenters. The number of nitrogens with one attached hydrogen (secondary N) is 3. The predicted molar refractivity (Wildman–Crippen MR) is 70.6 cm³/mol. The molecule has 8 heteroatoms. The number of amides is 2. The first-order valence-electron chi connectivity index (χ1n) is 6.00. The van der Waals surface area contributed by atoms with E-state index in [1.807, 2.05) is 0 Å². The van der Waals surface area contributed by atoms with Gasteiger partial charge in [-0.25, -0.2) is 4.99 Å². The minimum atomic E-state index is -0.480. The number of fused-ring (bicyclic) bond motifs is 1. The SMILES string of the molecule is COC1CNC(=O)c2[nH]ccc2/C1=C1\N=C(N)NC1=O. The van der Waals surface area contributed by atoms with Gasteiger partial charge in [0.05, 0.1) is 0 Å². The highest BCUT2D eigenvalue weighted by molar-refractivity contribution is 6.16. The fourth-order valence-corrected chi connectivity index (χ4v) is 2.37. The van der Waals surface area contributed by atoms with Gasteiger partial charge in [0.1, 0.15) is 17.5 Å². The Bertz CT molecular complexity index is 658. The quantitative estimate of drug-likeness (QED) is 0.487. The zero-order valence-corrected chi connectivity index (χ0v) is 10.7. The van der Waals surface area contributed by atoms with Crippen LogP contribution in [0.15, 0.2) is 23.0 Å². The number of ether oxygens (including phenoxy) is 1. The van der Waals surface area contributed by atoms with Crippen LogP contribution in [0.3, 0.4) is 0 Å². The van der Waals surface area contributed by atoms with E-state index in [9.17, 15) is 9.59 Å². The molecule has 2 aliphatic heterocycles. The Kier molecular flexibility index (Phi) is 2.79. The number of hydrogen-bond donors (Lipinski definition) is 4. The summed E-state index contributed by atoms with van der Waals surface area (Å²) >= 11 is 0. The highest BCUT2D eigenvalue weighted by Gasteiger charge is 2.33. The Morgan fingerprint density at radius 2 is 2.20 bits per heavy atom. The molecular formula is C12H13N5O3. The van der Waals surface area contributed by atoms with Gasteiger partial charge in [0.15, 0.2) is 0 Å². The van der Waals surface area contributed by atoms with Crippen LogP contribution in [0.5, 0.6) is 0 Å². The fraction of sp³-hybridized carbons (Fsp3) is 0.250. The number of carbonyl (C=O) groups is 2. The van der Waals surface area contributed by atoms with Gasteiger partial charge in [-0.1, -0.05) is 0 Å². The van der Waals surface area contributed by atoms with Crippen molar-refractivity contribution in [2.45, 2.75) is 6.10 Å². The molecule has 1 aromatic heterocycles. The predicted octanol–water partition coefficient (Wildman–Crippen LogP) is -1.07. The zero-order valence-electron chi connectivity index (χ0n) is 10.7. The molecule has 5 N–H and O–H groups in total. The number of H-pyrrole nitrogens is 1. The third kappa shape index (κ3) is 1.77. The molecule has 0 saturated heterocycles. The monoisotopic (exact) mass is 275 g/mol. The molecule has 1 aromatic rings. The number of rotatable bonds is 1. The van der Waals surface area contributed by atoms with E-state index in [0.29, 0.717) is 16.8 Å². The van der Waals surface area contributed by atoms with Crippen LogP contribution >= 0.6 is 0 Å². The summed E-state index contributed by atoms with van der Waals surface area (Å²) in [6, 6.07) is 1.71. The highest BCUT2D eigenvalue weighted by atomic mass is 16.5. The number of nitrogens with zero attached hydrogens (tertiary/aromatic N) is 1. The second kappa shape index (κ2) is 4.49. The van der Waals surface area contributed by atoms with Gasteiger partial charge in [-0.05, 0) is 6.07 Å². The van der Waals surface area contributed by atoms with Crippen molar-refractivity contribution in [2.24, 2.45) is 10.7 Å². The second-order valence-electron chi connectivity index (χ2n) is 4.41. The summed E-state index contributed by atoms with van der Waals surface area (Å²) in [6.07, 6.45) is 1.15. The van der Waals surface area contributed by atoms with E-state index in [1.165, 1.54) is 7.11 Å². The molecule has 2 aliphatic rings. The molecule has 0 radical (unpaired) electrons. The third-order valence-electron chi connectivity index (χ3n) is 3.26. The maximum Gasteiger partial charge on any atom is 0.277 e. The first kappa shape index (κ1) is 12.4. The van der Waals surface area contributed by atoms with Crippen LogP contribution in [-0.4, -0.2) is 42.5 Å². The van der Waals surface area contributed by atoms with E-state index < -0.39 is 12.0 Å². The molecule has 3 rings (SSSR count). The van der Waals surface area contributed by atoms with Gasteiger partial charge in [0.25, 0.3) is 11.8 Å². The molecule has 0 fully saturated rings. The largest absolute Gasteiger partial charge is 0.375 e. The number of guanidine groups is 1. The van der Waals surface area contributed by atoms with Crippen LogP contribution < -0.4 is 16.4 Å². The van der Waals surface area contributed by atoms with Crippen LogP contribution in [0.4, 0.5) is 0 Å². The number of aliphatic imine (C=N–C) groups is 1. The number of nitrogens with two attached hydrogens (primary N) is 1. The average molecular weight is 275 g/mol. The lowest BCUT2D eigenvalue weighted by Crippen LogP contribution is -2.32. The molecule has 8 nitrogen and oxygen atoms in total. The van der Waals surface area contributed by atoms with Crippen LogP contribution in [0.25, 0.3) is 5.57 Å². The normalized spacial score (nSPS) is 25.6. The fourth-order valence-electron chi connectivity index (χ4n) is 2.37. The van der Waals surface area contributed by atoms with Crippen molar-refractivity contribution < 1.29 is 14.3 Å². The molecule has 0 bridgehead atoms. The Hall–Kier alpha value is -2.61. The van der Waals surface area contributed by atoms with E-state index >= 15 is 0 Å². The first-order valence-corrected chi connectivity index (χ1v) is 6.00. The standard InChI is InChI=1S/C12H13N5O3/c1-20-6-4-15-10(18)8-5(2-3-14-8)7(6)9-11(19)17-12(13)16-9/h2-3,6,14H,4H2,1H3,(H,15,18)(H3,13,16,17,19)/b9-7+. The molecule has 3 heterocycles. The van der Waals surface area contributed by atoms with Crippen molar-refractivity contribution in [3.8, 4) is 0 Å². The van der Waals surface area contributed by atoms with E-state index in [-0.39, 0.29) is 24.1 Å². The number of methoxy groups -OCH3 is 1. The topological polar surface area (TPSA) is 122 Å². The summed E-state index contributed by atoms with van der Waals surface area (Å²) in [5, 5.41) is 5.15. The lowest BCUT2D eigenvalue weighted by atomic mass is 9.99. The lowest BCUT2D eigenvalue weighted by molar-refractivity contribution is -0.115. The summed E-state index contributed by atoms with van der Waals surface area (Å²) in [5.41, 5.74) is 7.21. The van der Waals surface area contributed by atoms with Crippen LogP contribution in [-0.2, 0) is 9.53 Å². The molecular weight excluding hydrogens is 262 g/mol. The highest BCUT2D eigenvalue weighted by Crippen LogP contribution is 2.30. The molecule has 2 amide bonds. The third-order valence-corrected chi connectivity index (χ3v) is 3.26.